The lowest BCUT2D eigenvalue weighted by Gasteiger charge is -2.09. The Morgan fingerprint density at radius 1 is 1.65 bits per heavy atom. The number of rotatable bonds is 3. The summed E-state index contributed by atoms with van der Waals surface area (Å²) in [5, 5.41) is 16.9. The van der Waals surface area contributed by atoms with Crippen LogP contribution in [-0.2, 0) is 13.5 Å². The van der Waals surface area contributed by atoms with Crippen molar-refractivity contribution in [3.8, 4) is 0 Å². The van der Waals surface area contributed by atoms with E-state index in [-0.39, 0.29) is 0 Å². The van der Waals surface area contributed by atoms with Crippen LogP contribution in [0.1, 0.15) is 22.2 Å². The summed E-state index contributed by atoms with van der Waals surface area (Å²) in [6, 6.07) is 2.01. The molecule has 1 atom stereocenters. The molecule has 92 valence electrons. The van der Waals surface area contributed by atoms with Crippen LogP contribution in [-0.4, -0.2) is 14.9 Å². The number of halogens is 2. The van der Waals surface area contributed by atoms with Crippen LogP contribution in [0.4, 0.5) is 0 Å². The fraction of sp³-hybridized carbons (Fsp3) is 0.364. The smallest absolute Gasteiger partial charge is 0.132 e. The predicted molar refractivity (Wildman–Crippen MR) is 73.6 cm³/mol. The van der Waals surface area contributed by atoms with Crippen LogP contribution in [0.5, 0.6) is 0 Å². The molecular formula is C11H12BrClN2OS. The van der Waals surface area contributed by atoms with Crippen LogP contribution in [0, 0.1) is 6.92 Å². The van der Waals surface area contributed by atoms with E-state index in [1.54, 1.807) is 23.1 Å². The van der Waals surface area contributed by atoms with Gasteiger partial charge in [-0.2, -0.15) is 5.10 Å². The Bertz CT molecular complexity index is 538. The number of aliphatic hydroxyl groups is 1. The van der Waals surface area contributed by atoms with Gasteiger partial charge in [0, 0.05) is 33.8 Å². The molecule has 3 nitrogen and oxygen atoms in total. The topological polar surface area (TPSA) is 38.0 Å². The van der Waals surface area contributed by atoms with Crippen LogP contribution in [0.25, 0.3) is 0 Å². The van der Waals surface area contributed by atoms with Crippen LogP contribution >= 0.6 is 38.9 Å². The molecule has 2 aromatic rings. The lowest BCUT2D eigenvalue weighted by atomic mass is 10.1. The molecule has 2 aromatic heterocycles. The highest BCUT2D eigenvalue weighted by atomic mass is 79.9. The maximum atomic E-state index is 10.2. The molecule has 1 N–H and O–H groups in total. The summed E-state index contributed by atoms with van der Waals surface area (Å²) in [5.74, 6) is 0. The third kappa shape index (κ3) is 2.73. The van der Waals surface area contributed by atoms with Crippen molar-refractivity contribution < 1.29 is 5.11 Å². The van der Waals surface area contributed by atoms with Crippen LogP contribution in [0.3, 0.4) is 0 Å². The quantitative estimate of drug-likeness (QED) is 0.932. The molecule has 2 heterocycles. The lowest BCUT2D eigenvalue weighted by molar-refractivity contribution is 0.178. The Morgan fingerprint density at radius 3 is 2.82 bits per heavy atom. The first-order chi connectivity index (χ1) is 7.99. The van der Waals surface area contributed by atoms with Crippen molar-refractivity contribution in [1.82, 2.24) is 9.78 Å². The van der Waals surface area contributed by atoms with E-state index in [0.29, 0.717) is 11.6 Å². The minimum Gasteiger partial charge on any atom is -0.388 e. The summed E-state index contributed by atoms with van der Waals surface area (Å²) in [7, 11) is 1.77. The molecule has 0 radical (unpaired) electrons. The van der Waals surface area contributed by atoms with Crippen LogP contribution in [0.2, 0.25) is 5.15 Å². The molecule has 0 amide bonds. The second kappa shape index (κ2) is 5.10. The van der Waals surface area contributed by atoms with Gasteiger partial charge in [-0.05, 0) is 28.9 Å². The Labute approximate surface area is 117 Å². The van der Waals surface area contributed by atoms with Gasteiger partial charge in [0.15, 0.2) is 0 Å². The first-order valence-corrected chi connectivity index (χ1v) is 7.14. The van der Waals surface area contributed by atoms with Gasteiger partial charge in [0.05, 0.1) is 11.8 Å². The zero-order valence-electron chi connectivity index (χ0n) is 9.44. The molecular weight excluding hydrogens is 324 g/mol. The Kier molecular flexibility index (Phi) is 3.92. The number of aryl methyl sites for hydroxylation is 2. The van der Waals surface area contributed by atoms with Crippen molar-refractivity contribution in [1.29, 1.82) is 0 Å². The third-order valence-electron chi connectivity index (χ3n) is 2.55. The van der Waals surface area contributed by atoms with E-state index in [9.17, 15) is 5.11 Å². The first-order valence-electron chi connectivity index (χ1n) is 5.09. The van der Waals surface area contributed by atoms with Crippen molar-refractivity contribution in [2.75, 3.05) is 0 Å². The van der Waals surface area contributed by atoms with E-state index in [4.69, 9.17) is 11.6 Å². The molecule has 0 fully saturated rings. The van der Waals surface area contributed by atoms with Crippen molar-refractivity contribution >= 4 is 38.9 Å². The second-order valence-electron chi connectivity index (χ2n) is 3.86. The lowest BCUT2D eigenvalue weighted by Crippen LogP contribution is -2.02. The maximum Gasteiger partial charge on any atom is 0.132 e. The number of aromatic nitrogens is 2. The highest BCUT2D eigenvalue weighted by Crippen LogP contribution is 2.30. The van der Waals surface area contributed by atoms with Gasteiger partial charge in [-0.1, -0.05) is 11.6 Å². The van der Waals surface area contributed by atoms with E-state index in [1.807, 2.05) is 18.4 Å². The van der Waals surface area contributed by atoms with Crippen molar-refractivity contribution in [3.63, 3.8) is 0 Å². The third-order valence-corrected chi connectivity index (χ3v) is 4.71. The Balaban J connectivity index is 2.22. The highest BCUT2D eigenvalue weighted by Gasteiger charge is 2.20. The minimum absolute atomic E-state index is 0.505. The molecule has 0 bridgehead atoms. The zero-order valence-corrected chi connectivity index (χ0v) is 12.6. The van der Waals surface area contributed by atoms with E-state index in [1.165, 1.54) is 0 Å². The zero-order chi connectivity index (χ0) is 12.6. The Hall–Kier alpha value is -0.360. The van der Waals surface area contributed by atoms with Gasteiger partial charge < -0.3 is 5.11 Å². The molecule has 1 unspecified atom stereocenters. The van der Waals surface area contributed by atoms with Crippen LogP contribution in [0.15, 0.2) is 15.9 Å². The monoisotopic (exact) mass is 334 g/mol. The molecule has 0 aliphatic rings. The SMILES string of the molecule is Cc1nn(C)c(Cl)c1C(O)Cc1cc(Br)cs1. The number of hydrogen-bond donors (Lipinski definition) is 1. The normalized spacial score (nSPS) is 13.0. The Morgan fingerprint density at radius 2 is 2.35 bits per heavy atom. The standard InChI is InChI=1S/C11H12BrClN2OS/c1-6-10(11(13)15(2)14-6)9(16)4-8-3-7(12)5-17-8/h3,5,9,16H,4H2,1-2H3. The van der Waals surface area contributed by atoms with Gasteiger partial charge in [-0.15, -0.1) is 11.3 Å². The fourth-order valence-corrected chi connectivity index (χ4v) is 3.57. The maximum absolute atomic E-state index is 10.2. The van der Waals surface area contributed by atoms with Gasteiger partial charge >= 0.3 is 0 Å². The molecule has 0 aliphatic carbocycles. The summed E-state index contributed by atoms with van der Waals surface area (Å²) in [4.78, 5) is 1.11. The molecule has 0 saturated heterocycles. The average Bonchev–Trinajstić information content (AvgIpc) is 2.73. The van der Waals surface area contributed by atoms with E-state index < -0.39 is 6.10 Å². The number of thiophene rings is 1. The summed E-state index contributed by atoms with van der Waals surface area (Å²) in [5.41, 5.74) is 1.50. The van der Waals surface area contributed by atoms with Crippen LogP contribution < -0.4 is 0 Å². The second-order valence-corrected chi connectivity index (χ2v) is 6.13. The van der Waals surface area contributed by atoms with Gasteiger partial charge in [0.2, 0.25) is 0 Å². The van der Waals surface area contributed by atoms with E-state index in [2.05, 4.69) is 21.0 Å². The summed E-state index contributed by atoms with van der Waals surface area (Å²) < 4.78 is 2.62. The molecule has 2 rings (SSSR count). The van der Waals surface area contributed by atoms with Crippen molar-refractivity contribution in [3.05, 3.63) is 37.2 Å². The average molecular weight is 336 g/mol. The summed E-state index contributed by atoms with van der Waals surface area (Å²) in [6.07, 6.45) is -0.0514. The van der Waals surface area contributed by atoms with E-state index >= 15 is 0 Å². The van der Waals surface area contributed by atoms with Gasteiger partial charge in [0.1, 0.15) is 5.15 Å². The largest absolute Gasteiger partial charge is 0.388 e. The van der Waals surface area contributed by atoms with Crippen molar-refractivity contribution in [2.45, 2.75) is 19.4 Å². The summed E-state index contributed by atoms with van der Waals surface area (Å²) in [6.45, 7) is 1.86. The number of aliphatic hydroxyl groups excluding tert-OH is 1. The fourth-order valence-electron chi connectivity index (χ4n) is 1.78. The predicted octanol–water partition coefficient (Wildman–Crippen LogP) is 3.48. The first kappa shape index (κ1) is 13.1. The molecule has 17 heavy (non-hydrogen) atoms. The van der Waals surface area contributed by atoms with Gasteiger partial charge in [-0.3, -0.25) is 4.68 Å². The molecule has 0 aliphatic heterocycles. The minimum atomic E-state index is -0.609. The van der Waals surface area contributed by atoms with Crippen molar-refractivity contribution in [2.24, 2.45) is 7.05 Å². The molecule has 0 aromatic carbocycles. The van der Waals surface area contributed by atoms with E-state index in [0.717, 1.165) is 20.6 Å². The number of nitrogens with zero attached hydrogens (tertiary/aromatic N) is 2. The van der Waals surface area contributed by atoms with Gasteiger partial charge in [-0.25, -0.2) is 0 Å². The molecule has 0 spiro atoms. The highest BCUT2D eigenvalue weighted by molar-refractivity contribution is 9.10. The summed E-state index contributed by atoms with van der Waals surface area (Å²) >= 11 is 11.1. The molecule has 6 heteroatoms. The molecule has 0 saturated carbocycles. The van der Waals surface area contributed by atoms with Gasteiger partial charge in [0.25, 0.3) is 0 Å². The number of hydrogen-bond acceptors (Lipinski definition) is 3.